The van der Waals surface area contributed by atoms with Crippen LogP contribution in [0.2, 0.25) is 0 Å². The number of amides is 10. The fourth-order valence-corrected chi connectivity index (χ4v) is 8.66. The summed E-state index contributed by atoms with van der Waals surface area (Å²) in [6, 6.07) is 13.2. The van der Waals surface area contributed by atoms with Gasteiger partial charge in [0.05, 0.1) is 13.0 Å². The molecule has 0 unspecified atom stereocenters. The molecule has 0 saturated carbocycles. The number of hydrogen-bond donors (Lipinski definition) is 13. The number of benzene rings is 3. The van der Waals surface area contributed by atoms with Gasteiger partial charge in [0.2, 0.25) is 59.1 Å². The average molecular weight is 1080 g/mol. The Morgan fingerprint density at radius 3 is 1.94 bits per heavy atom. The number of aromatic nitrogens is 1. The Bertz CT molecular complexity index is 2750. The summed E-state index contributed by atoms with van der Waals surface area (Å²) in [6.07, 6.45) is 1.80. The molecule has 24 heteroatoms. The second-order valence-corrected chi connectivity index (χ2v) is 19.0. The molecule has 1 aromatic heterocycles. The first-order chi connectivity index (χ1) is 37.3. The van der Waals surface area contributed by atoms with Crippen molar-refractivity contribution in [3.05, 3.63) is 102 Å². The van der Waals surface area contributed by atoms with Crippen molar-refractivity contribution >= 4 is 75.9 Å². The van der Waals surface area contributed by atoms with Crippen LogP contribution in [-0.2, 0) is 72.0 Å². The number of aromatic hydroxyl groups is 1. The molecule has 2 heterocycles. The van der Waals surface area contributed by atoms with Crippen LogP contribution in [0, 0.1) is 0 Å². The van der Waals surface area contributed by atoms with Gasteiger partial charge in [0.15, 0.2) is 0 Å². The van der Waals surface area contributed by atoms with E-state index in [1.165, 1.54) is 19.1 Å². The quantitative estimate of drug-likeness (QED) is 0.0684. The van der Waals surface area contributed by atoms with E-state index in [0.29, 0.717) is 40.4 Å². The lowest BCUT2D eigenvalue weighted by molar-refractivity contribution is -0.141. The van der Waals surface area contributed by atoms with Crippen LogP contribution in [0.4, 0.5) is 0 Å². The van der Waals surface area contributed by atoms with E-state index in [0.717, 1.165) is 0 Å². The third-order valence-corrected chi connectivity index (χ3v) is 12.8. The number of carbonyl (C=O) groups excluding carboxylic acids is 10. The lowest BCUT2D eigenvalue weighted by Crippen LogP contribution is -2.59. The number of para-hydroxylation sites is 1. The topological polar surface area (TPSA) is 378 Å². The number of phenolic OH excluding ortho intramolecular Hbond substituents is 1. The van der Waals surface area contributed by atoms with E-state index in [1.54, 1.807) is 72.9 Å². The van der Waals surface area contributed by atoms with Gasteiger partial charge in [-0.1, -0.05) is 60.7 Å². The number of nitrogens with one attached hydrogen (secondary N) is 10. The van der Waals surface area contributed by atoms with Crippen LogP contribution in [0.25, 0.3) is 10.9 Å². The molecule has 1 saturated heterocycles. The van der Waals surface area contributed by atoms with E-state index in [-0.39, 0.29) is 94.9 Å². The molecule has 3 aromatic carbocycles. The van der Waals surface area contributed by atoms with Crippen molar-refractivity contribution in [1.82, 2.24) is 52.8 Å². The van der Waals surface area contributed by atoms with Crippen LogP contribution in [0.5, 0.6) is 5.75 Å². The first kappa shape index (κ1) is 60.0. The van der Waals surface area contributed by atoms with Gasteiger partial charge < -0.3 is 68.8 Å². The largest absolute Gasteiger partial charge is 0.508 e. The Morgan fingerprint density at radius 1 is 0.654 bits per heavy atom. The Labute approximate surface area is 449 Å². The SMILES string of the molecule is CC(=O)N[C@@H](Cc1ccc(O)cc1)C(=O)N[C@H]1CCCCNC(=O)CCCC(=O)NCCCC[C@@H](C(=O)N[C@@H](CC(=O)O)C(=O)N[C@@H](Cc2ccccc2)C(N)=O)NC(=O)[C@H](Cc2c[nH]c3ccccc23)NC(=O)CNC1=O. The van der Waals surface area contributed by atoms with Gasteiger partial charge in [-0.25, -0.2) is 0 Å². The molecule has 0 spiro atoms. The van der Waals surface area contributed by atoms with Crippen molar-refractivity contribution < 1.29 is 63.0 Å². The van der Waals surface area contributed by atoms with Crippen LogP contribution in [-0.4, -0.2) is 136 Å². The maximum absolute atomic E-state index is 14.6. The van der Waals surface area contributed by atoms with Crippen LogP contribution in [0.3, 0.4) is 0 Å². The monoisotopic (exact) mass is 1080 g/mol. The maximum Gasteiger partial charge on any atom is 0.305 e. The molecular formula is C54H69N11O13. The lowest BCUT2D eigenvalue weighted by atomic mass is 10.0. The summed E-state index contributed by atoms with van der Waals surface area (Å²) < 4.78 is 0. The minimum atomic E-state index is -1.77. The Balaban J connectivity index is 1.41. The zero-order chi connectivity index (χ0) is 56.6. The Hall–Kier alpha value is -8.83. The number of nitrogens with two attached hydrogens (primary N) is 1. The van der Waals surface area contributed by atoms with Crippen molar-refractivity contribution in [2.75, 3.05) is 19.6 Å². The standard InChI is InChI=1S/C54H69N11O13/c1-32(66)60-42(27-34-20-22-36(67)23-21-34)52(76)62-39-16-7-9-24-56-45(68)18-11-19-46(69)57-25-10-8-17-40(51(75)65-44(29-48(71)72)54(78)64-41(49(55)73)26-33-12-3-2-4-13-33)63-53(77)43(61-47(70)31-59-50(39)74)28-35-30-58-38-15-6-5-14-37(35)38/h2-6,12-15,20-23,30,39-44,58,67H,7-11,16-19,24-29,31H2,1H3,(H2,55,73)(H,56,68)(H,57,69)(H,59,74)(H,60,66)(H,61,70)(H,62,76)(H,63,77)(H,64,78)(H,65,75)(H,71,72)/t39-,40-,41-,42-,43-,44-/m0/s1. The van der Waals surface area contributed by atoms with Crippen molar-refractivity contribution in [3.8, 4) is 5.75 Å². The molecule has 10 amide bonds. The van der Waals surface area contributed by atoms with Gasteiger partial charge in [-0.3, -0.25) is 52.7 Å². The molecule has 4 aromatic rings. The number of fused-ring (bicyclic) bond motifs is 1. The summed E-state index contributed by atoms with van der Waals surface area (Å²) in [4.78, 5) is 149. The molecule has 0 radical (unpaired) electrons. The van der Waals surface area contributed by atoms with Crippen molar-refractivity contribution in [1.29, 1.82) is 0 Å². The molecule has 1 aliphatic rings. The van der Waals surface area contributed by atoms with Gasteiger partial charge in [0.25, 0.3) is 0 Å². The third kappa shape index (κ3) is 20.4. The first-order valence-corrected chi connectivity index (χ1v) is 25.8. The number of H-pyrrole nitrogens is 1. The Kier molecular flexibility index (Phi) is 23.6. The van der Waals surface area contributed by atoms with Crippen LogP contribution in [0.15, 0.2) is 85.1 Å². The highest BCUT2D eigenvalue weighted by Crippen LogP contribution is 2.20. The number of carboxylic acids is 1. The fraction of sp³-hybridized carbons (Fsp3) is 0.426. The Morgan fingerprint density at radius 2 is 1.28 bits per heavy atom. The molecule has 14 N–H and O–H groups in total. The molecule has 1 fully saturated rings. The van der Waals surface area contributed by atoms with E-state index >= 15 is 0 Å². The van der Waals surface area contributed by atoms with Crippen LogP contribution >= 0.6 is 0 Å². The minimum absolute atomic E-state index is 0.0106. The highest BCUT2D eigenvalue weighted by Gasteiger charge is 2.33. The lowest BCUT2D eigenvalue weighted by Gasteiger charge is -2.26. The fourth-order valence-electron chi connectivity index (χ4n) is 8.66. The summed E-state index contributed by atoms with van der Waals surface area (Å²) >= 11 is 0. The molecule has 6 atom stereocenters. The first-order valence-electron chi connectivity index (χ1n) is 25.8. The number of aliphatic carboxylic acids is 1. The van der Waals surface area contributed by atoms with Crippen molar-refractivity contribution in [3.63, 3.8) is 0 Å². The van der Waals surface area contributed by atoms with E-state index in [2.05, 4.69) is 52.8 Å². The number of hydrogen-bond acceptors (Lipinski definition) is 12. The second kappa shape index (κ2) is 30.7. The van der Waals surface area contributed by atoms with Gasteiger partial charge in [-0.05, 0) is 79.8 Å². The highest BCUT2D eigenvalue weighted by molar-refractivity contribution is 5.98. The molecular weight excluding hydrogens is 1010 g/mol. The van der Waals surface area contributed by atoms with E-state index < -0.39 is 102 Å². The van der Waals surface area contributed by atoms with Gasteiger partial charge in [-0.2, -0.15) is 0 Å². The van der Waals surface area contributed by atoms with Gasteiger partial charge in [0, 0.05) is 69.2 Å². The summed E-state index contributed by atoms with van der Waals surface area (Å²) in [6.45, 7) is 0.866. The van der Waals surface area contributed by atoms with Crippen molar-refractivity contribution in [2.45, 2.75) is 127 Å². The summed E-state index contributed by atoms with van der Waals surface area (Å²) in [5.41, 5.74) is 8.11. The van der Waals surface area contributed by atoms with E-state index in [9.17, 15) is 63.0 Å². The van der Waals surface area contributed by atoms with E-state index in [1.807, 2.05) is 0 Å². The highest BCUT2D eigenvalue weighted by atomic mass is 16.4. The summed E-state index contributed by atoms with van der Waals surface area (Å²) in [5, 5.41) is 43.8. The molecule has 24 nitrogen and oxygen atoms in total. The molecule has 0 bridgehead atoms. The molecule has 418 valence electrons. The zero-order valence-corrected chi connectivity index (χ0v) is 43.3. The molecule has 5 rings (SSSR count). The van der Waals surface area contributed by atoms with Crippen molar-refractivity contribution in [2.24, 2.45) is 5.73 Å². The maximum atomic E-state index is 14.6. The van der Waals surface area contributed by atoms with Crippen LogP contribution < -0.4 is 53.6 Å². The average Bonchev–Trinajstić information content (AvgIpc) is 3.87. The number of phenols is 1. The predicted octanol–water partition coefficient (Wildman–Crippen LogP) is -0.337. The summed E-state index contributed by atoms with van der Waals surface area (Å²) in [7, 11) is 0. The van der Waals surface area contributed by atoms with Gasteiger partial charge in [-0.15, -0.1) is 0 Å². The number of carboxylic acid groups (broad SMARTS) is 1. The number of aromatic amines is 1. The smallest absolute Gasteiger partial charge is 0.305 e. The molecule has 0 aliphatic carbocycles. The normalized spacial score (nSPS) is 19.0. The third-order valence-electron chi connectivity index (χ3n) is 12.8. The van der Waals surface area contributed by atoms with Gasteiger partial charge in [0.1, 0.15) is 42.0 Å². The number of primary amides is 1. The number of carbonyl (C=O) groups is 11. The number of rotatable bonds is 16. The van der Waals surface area contributed by atoms with Gasteiger partial charge >= 0.3 is 5.97 Å². The predicted molar refractivity (Wildman–Crippen MR) is 283 cm³/mol. The van der Waals surface area contributed by atoms with E-state index in [4.69, 9.17) is 5.73 Å². The zero-order valence-electron chi connectivity index (χ0n) is 43.3. The van der Waals surface area contributed by atoms with Crippen LogP contribution in [0.1, 0.15) is 87.8 Å². The minimum Gasteiger partial charge on any atom is -0.508 e. The molecule has 1 aliphatic heterocycles. The summed E-state index contributed by atoms with van der Waals surface area (Å²) in [5.74, 6) is -8.94. The molecule has 78 heavy (non-hydrogen) atoms. The second-order valence-electron chi connectivity index (χ2n) is 19.0.